The van der Waals surface area contributed by atoms with Crippen LogP contribution >= 0.6 is 0 Å². The lowest BCUT2D eigenvalue weighted by atomic mass is 9.84. The Bertz CT molecular complexity index is 339. The number of ketones is 1. The molecule has 2 nitrogen and oxygen atoms in total. The van der Waals surface area contributed by atoms with E-state index in [-0.39, 0.29) is 11.7 Å². The zero-order chi connectivity index (χ0) is 11.4. The Morgan fingerprint density at radius 2 is 2.12 bits per heavy atom. The van der Waals surface area contributed by atoms with Crippen molar-refractivity contribution in [3.05, 3.63) is 35.9 Å². The fourth-order valence-corrected chi connectivity index (χ4v) is 2.24. The molecule has 0 spiro atoms. The van der Waals surface area contributed by atoms with Gasteiger partial charge in [-0.05, 0) is 18.8 Å². The largest absolute Gasteiger partial charge is 0.381 e. The molecule has 1 saturated heterocycles. The number of carbonyl (C=O) groups is 1. The van der Waals surface area contributed by atoms with Crippen molar-refractivity contribution in [2.24, 2.45) is 11.8 Å². The summed E-state index contributed by atoms with van der Waals surface area (Å²) >= 11 is 0. The highest BCUT2D eigenvalue weighted by Gasteiger charge is 2.26. The predicted molar refractivity (Wildman–Crippen MR) is 63.5 cm³/mol. The molecule has 86 valence electrons. The summed E-state index contributed by atoms with van der Waals surface area (Å²) in [6.07, 6.45) is 2.19. The quantitative estimate of drug-likeness (QED) is 0.729. The van der Waals surface area contributed by atoms with E-state index < -0.39 is 0 Å². The highest BCUT2D eigenvalue weighted by Crippen LogP contribution is 2.25. The first-order valence-corrected chi connectivity index (χ1v) is 5.96. The Morgan fingerprint density at radius 3 is 2.75 bits per heavy atom. The third-order valence-corrected chi connectivity index (χ3v) is 3.37. The molecule has 1 aromatic carbocycles. The van der Waals surface area contributed by atoms with E-state index in [1.165, 1.54) is 0 Å². The van der Waals surface area contributed by atoms with Crippen LogP contribution in [0.3, 0.4) is 0 Å². The number of Topliss-reactive ketones (excluding diaryl/α,β-unsaturated/α-hetero) is 1. The summed E-state index contributed by atoms with van der Waals surface area (Å²) in [5, 5.41) is 0. The van der Waals surface area contributed by atoms with Crippen molar-refractivity contribution < 1.29 is 9.53 Å². The van der Waals surface area contributed by atoms with Gasteiger partial charge in [-0.2, -0.15) is 0 Å². The zero-order valence-electron chi connectivity index (χ0n) is 9.69. The van der Waals surface area contributed by atoms with Gasteiger partial charge in [-0.3, -0.25) is 4.79 Å². The summed E-state index contributed by atoms with van der Waals surface area (Å²) < 4.78 is 5.44. The van der Waals surface area contributed by atoms with Crippen molar-refractivity contribution in [2.45, 2.75) is 19.8 Å². The predicted octanol–water partition coefficient (Wildman–Crippen LogP) is 2.93. The van der Waals surface area contributed by atoms with E-state index in [4.69, 9.17) is 4.74 Å². The average Bonchev–Trinajstić information content (AvgIpc) is 2.39. The van der Waals surface area contributed by atoms with Gasteiger partial charge < -0.3 is 4.74 Å². The third-order valence-electron chi connectivity index (χ3n) is 3.37. The van der Waals surface area contributed by atoms with Gasteiger partial charge in [0, 0.05) is 18.1 Å². The summed E-state index contributed by atoms with van der Waals surface area (Å²) in [6, 6.07) is 9.55. The second-order valence-corrected chi connectivity index (χ2v) is 4.50. The van der Waals surface area contributed by atoms with E-state index in [9.17, 15) is 4.79 Å². The molecule has 0 saturated carbocycles. The lowest BCUT2D eigenvalue weighted by molar-refractivity contribution is 0.0323. The van der Waals surface area contributed by atoms with Gasteiger partial charge in [0.2, 0.25) is 0 Å². The Morgan fingerprint density at radius 1 is 1.38 bits per heavy atom. The van der Waals surface area contributed by atoms with Crippen molar-refractivity contribution in [3.8, 4) is 0 Å². The molecule has 1 aliphatic rings. The monoisotopic (exact) mass is 218 g/mol. The molecule has 1 aliphatic heterocycles. The van der Waals surface area contributed by atoms with Crippen molar-refractivity contribution in [3.63, 3.8) is 0 Å². The average molecular weight is 218 g/mol. The van der Waals surface area contributed by atoms with Crippen LogP contribution in [-0.2, 0) is 4.74 Å². The minimum absolute atomic E-state index is 0.0719. The fourth-order valence-electron chi connectivity index (χ4n) is 2.24. The van der Waals surface area contributed by atoms with E-state index in [1.54, 1.807) is 0 Å². The third kappa shape index (κ3) is 2.50. The summed E-state index contributed by atoms with van der Waals surface area (Å²) in [6.45, 7) is 3.61. The molecular weight excluding hydrogens is 200 g/mol. The minimum Gasteiger partial charge on any atom is -0.381 e. The van der Waals surface area contributed by atoms with Crippen LogP contribution in [-0.4, -0.2) is 19.0 Å². The Hall–Kier alpha value is -1.15. The Kier molecular flexibility index (Phi) is 3.73. The first-order valence-electron chi connectivity index (χ1n) is 5.96. The lowest BCUT2D eigenvalue weighted by Gasteiger charge is -2.26. The van der Waals surface area contributed by atoms with Crippen LogP contribution in [0.4, 0.5) is 0 Å². The van der Waals surface area contributed by atoms with Gasteiger partial charge in [0.25, 0.3) is 0 Å². The second-order valence-electron chi connectivity index (χ2n) is 4.50. The zero-order valence-corrected chi connectivity index (χ0v) is 9.69. The SMILES string of the molecule is CC(C(=O)c1ccccc1)C1CCCOC1. The summed E-state index contributed by atoms with van der Waals surface area (Å²) in [4.78, 5) is 12.2. The standard InChI is InChI=1S/C14H18O2/c1-11(13-8-5-9-16-10-13)14(15)12-6-3-2-4-7-12/h2-4,6-7,11,13H,5,8-10H2,1H3. The number of hydrogen-bond donors (Lipinski definition) is 0. The molecule has 0 amide bonds. The molecule has 0 aliphatic carbocycles. The van der Waals surface area contributed by atoms with E-state index in [0.29, 0.717) is 5.92 Å². The maximum absolute atomic E-state index is 12.2. The molecule has 0 bridgehead atoms. The molecule has 1 fully saturated rings. The smallest absolute Gasteiger partial charge is 0.166 e. The van der Waals surface area contributed by atoms with Crippen LogP contribution in [0.5, 0.6) is 0 Å². The highest BCUT2D eigenvalue weighted by atomic mass is 16.5. The van der Waals surface area contributed by atoms with Gasteiger partial charge in [0.15, 0.2) is 5.78 Å². The van der Waals surface area contributed by atoms with Crippen molar-refractivity contribution in [1.29, 1.82) is 0 Å². The molecule has 2 rings (SSSR count). The Balaban J connectivity index is 2.04. The van der Waals surface area contributed by atoms with Gasteiger partial charge in [0.05, 0.1) is 6.61 Å². The molecular formula is C14H18O2. The number of ether oxygens (including phenoxy) is 1. The van der Waals surface area contributed by atoms with Crippen LogP contribution in [0.25, 0.3) is 0 Å². The van der Waals surface area contributed by atoms with Gasteiger partial charge in [-0.1, -0.05) is 37.3 Å². The molecule has 2 unspecified atom stereocenters. The number of benzene rings is 1. The summed E-state index contributed by atoms with van der Waals surface area (Å²) in [7, 11) is 0. The van der Waals surface area contributed by atoms with Crippen molar-refractivity contribution in [1.82, 2.24) is 0 Å². The van der Waals surface area contributed by atoms with Crippen LogP contribution in [0, 0.1) is 11.8 Å². The maximum atomic E-state index is 12.2. The molecule has 1 aromatic rings. The van der Waals surface area contributed by atoms with E-state index in [2.05, 4.69) is 0 Å². The highest BCUT2D eigenvalue weighted by molar-refractivity contribution is 5.97. The van der Waals surface area contributed by atoms with Gasteiger partial charge in [-0.25, -0.2) is 0 Å². The van der Waals surface area contributed by atoms with Crippen LogP contribution in [0.2, 0.25) is 0 Å². The molecule has 2 heteroatoms. The van der Waals surface area contributed by atoms with Crippen LogP contribution < -0.4 is 0 Å². The van der Waals surface area contributed by atoms with E-state index >= 15 is 0 Å². The van der Waals surface area contributed by atoms with Gasteiger partial charge in [0.1, 0.15) is 0 Å². The summed E-state index contributed by atoms with van der Waals surface area (Å²) in [5.74, 6) is 0.709. The number of hydrogen-bond acceptors (Lipinski definition) is 2. The number of rotatable bonds is 3. The molecule has 1 heterocycles. The molecule has 0 radical (unpaired) electrons. The van der Waals surface area contributed by atoms with E-state index in [1.807, 2.05) is 37.3 Å². The first-order chi connectivity index (χ1) is 7.79. The second kappa shape index (κ2) is 5.26. The van der Waals surface area contributed by atoms with Crippen LogP contribution in [0.15, 0.2) is 30.3 Å². The van der Waals surface area contributed by atoms with Crippen molar-refractivity contribution in [2.75, 3.05) is 13.2 Å². The topological polar surface area (TPSA) is 26.3 Å². The van der Waals surface area contributed by atoms with E-state index in [0.717, 1.165) is 31.6 Å². The Labute approximate surface area is 96.6 Å². The van der Waals surface area contributed by atoms with Crippen molar-refractivity contribution >= 4 is 5.78 Å². The first kappa shape index (κ1) is 11.3. The van der Waals surface area contributed by atoms with Crippen LogP contribution in [0.1, 0.15) is 30.1 Å². The maximum Gasteiger partial charge on any atom is 0.166 e. The minimum atomic E-state index is 0.0719. The molecule has 16 heavy (non-hydrogen) atoms. The normalized spacial score (nSPS) is 22.7. The van der Waals surface area contributed by atoms with Gasteiger partial charge >= 0.3 is 0 Å². The molecule has 2 atom stereocenters. The number of carbonyl (C=O) groups excluding carboxylic acids is 1. The lowest BCUT2D eigenvalue weighted by Crippen LogP contribution is -2.28. The van der Waals surface area contributed by atoms with Gasteiger partial charge in [-0.15, -0.1) is 0 Å². The fraction of sp³-hybridized carbons (Fsp3) is 0.500. The molecule has 0 N–H and O–H groups in total. The molecule has 0 aromatic heterocycles. The summed E-state index contributed by atoms with van der Waals surface area (Å²) in [5.41, 5.74) is 0.820.